The lowest BCUT2D eigenvalue weighted by Gasteiger charge is -2.26. The Morgan fingerprint density at radius 2 is 0.624 bits per heavy atom. The number of halogens is 1. The first-order valence-corrected chi connectivity index (χ1v) is 40.5. The molecule has 12 aromatic carbocycles. The van der Waals surface area contributed by atoms with Crippen LogP contribution >= 0.6 is 52.9 Å². The zero-order chi connectivity index (χ0) is 86.4. The molecule has 7 N–H and O–H groups in total. The van der Waals surface area contributed by atoms with Crippen molar-refractivity contribution < 1.29 is 57.2 Å². The van der Waals surface area contributed by atoms with Crippen LogP contribution in [-0.2, 0) is 122 Å². The Morgan fingerprint density at radius 3 is 1.01 bits per heavy atom. The third-order valence-electron chi connectivity index (χ3n) is 19.1. The van der Waals surface area contributed by atoms with Crippen molar-refractivity contribution in [3.8, 4) is 11.1 Å². The molecule has 0 radical (unpaired) electrons. The summed E-state index contributed by atoms with van der Waals surface area (Å²) in [4.78, 5) is 73.3. The van der Waals surface area contributed by atoms with Gasteiger partial charge in [-0.25, -0.2) is 4.79 Å². The van der Waals surface area contributed by atoms with Gasteiger partial charge in [0, 0.05) is 26.2 Å². The molecule has 0 saturated carbocycles. The van der Waals surface area contributed by atoms with E-state index in [1.807, 2.05) is 333 Å². The number of nitrogens with one attached hydrogen (secondary N) is 3. The summed E-state index contributed by atoms with van der Waals surface area (Å²) in [6, 6.07) is 114. The van der Waals surface area contributed by atoms with E-state index in [1.165, 1.54) is 50.7 Å². The molecule has 6 atom stereocenters. The molecule has 0 saturated heterocycles. The molecule has 125 heavy (non-hydrogen) atoms. The third kappa shape index (κ3) is 42.2. The highest BCUT2D eigenvalue weighted by atomic mass is 35.5. The lowest BCUT2D eigenvalue weighted by atomic mass is 9.99. The number of nitrogens with two attached hydrogens (primary N) is 2. The van der Waals surface area contributed by atoms with Crippen molar-refractivity contribution in [2.24, 2.45) is 17.4 Å². The Balaban J connectivity index is 0.000000387. The fraction of sp³-hybridized carbons (Fsp3) is 0.243. The molecule has 0 heterocycles. The van der Waals surface area contributed by atoms with E-state index >= 15 is 0 Å². The number of carbonyl (C=O) groups is 6. The molecule has 0 spiro atoms. The first-order chi connectivity index (χ1) is 58.9. The van der Waals surface area contributed by atoms with E-state index in [0.717, 1.165) is 56.5 Å². The number of methoxy groups -OCH3 is 4. The molecule has 22 heteroatoms. The zero-order valence-electron chi connectivity index (χ0n) is 72.3. The van der Waals surface area contributed by atoms with Gasteiger partial charge in [-0.2, -0.15) is 40.5 Å². The summed E-state index contributed by atoms with van der Waals surface area (Å²) in [5.41, 5.74) is 25.8. The monoisotopic (exact) mass is 1770 g/mol. The molecule has 0 aliphatic rings. The van der Waals surface area contributed by atoms with E-state index in [1.54, 1.807) is 0 Å². The van der Waals surface area contributed by atoms with Gasteiger partial charge in [0.05, 0.1) is 28.4 Å². The summed E-state index contributed by atoms with van der Waals surface area (Å²) in [5.74, 6) is -1.18. The normalized spacial score (nSPS) is 11.6. The standard InChI is InChI=1S/C23H23NO2.C18H21NO2.3C16H17NO2.C14H21NO2.ClH.3H2S/c1-26-23(25)22(16-18-10-4-2-5-11-18)24-17-20-14-8-9-15-21(20)19-12-6-3-7-13-19;1-19(14-16-11-7-4-8-12-16)17(18(20)21-2)13-15-9-5-3-6-10-15;1-19-16(18)15(14-10-6-3-7-11-14)17-12-13-8-4-2-5-9-13;2*17-15(11-13-7-3-1-4-8-13)16(18)19-12-14-9-5-2-6-10-14;1-11(2)9-13(14(16)17-3)15-10-12-7-5-4-6-8-12;;;;/h2-15,22,24H,16-17H2,1H3;3-12,17H,13-14H2,1-2H3;2-11,15,17H,12H2,1H3;2*1-10,15H,11-12,17H2;4-8,11,13,15H,9-10H2,1-3H3;1H;3*1H2/t22-;17-;;2*15-;13-;;;;/m00.000..../s1. The average molecular weight is 1770 g/mol. The van der Waals surface area contributed by atoms with Gasteiger partial charge in [-0.05, 0) is 117 Å². The van der Waals surface area contributed by atoms with Gasteiger partial charge in [-0.1, -0.05) is 372 Å². The molecule has 0 fully saturated rings. The van der Waals surface area contributed by atoms with Crippen LogP contribution in [0.4, 0.5) is 0 Å². The number of nitrogens with zero attached hydrogens (tertiary/aromatic N) is 1. The quantitative estimate of drug-likeness (QED) is 0.0186. The first-order valence-electron chi connectivity index (χ1n) is 40.5. The van der Waals surface area contributed by atoms with E-state index in [2.05, 4.69) is 66.2 Å². The lowest BCUT2D eigenvalue weighted by Crippen LogP contribution is -2.40. The van der Waals surface area contributed by atoms with Gasteiger partial charge in [-0.3, -0.25) is 39.5 Å². The number of carbonyl (C=O) groups excluding carboxylic acids is 6. The van der Waals surface area contributed by atoms with Crippen LogP contribution in [0.5, 0.6) is 0 Å². The molecule has 12 rings (SSSR count). The third-order valence-corrected chi connectivity index (χ3v) is 19.1. The van der Waals surface area contributed by atoms with Gasteiger partial charge < -0.3 is 45.2 Å². The van der Waals surface area contributed by atoms with Crippen molar-refractivity contribution in [1.29, 1.82) is 0 Å². The molecule has 0 amide bonds. The highest BCUT2D eigenvalue weighted by Gasteiger charge is 2.26. The largest absolute Gasteiger partial charge is 0.468 e. The summed E-state index contributed by atoms with van der Waals surface area (Å²) in [7, 11) is 7.66. The van der Waals surface area contributed by atoms with Crippen molar-refractivity contribution in [3.05, 3.63) is 419 Å². The predicted octanol–water partition coefficient (Wildman–Crippen LogP) is 17.5. The molecule has 12 aromatic rings. The number of hydrogen-bond acceptors (Lipinski definition) is 18. The molecular weight excluding hydrogens is 1640 g/mol. The summed E-state index contributed by atoms with van der Waals surface area (Å²) >= 11 is 0. The Morgan fingerprint density at radius 1 is 0.320 bits per heavy atom. The maximum atomic E-state index is 12.2. The van der Waals surface area contributed by atoms with Gasteiger partial charge in [-0.15, -0.1) is 12.4 Å². The van der Waals surface area contributed by atoms with Crippen LogP contribution in [0.15, 0.2) is 358 Å². The van der Waals surface area contributed by atoms with E-state index in [0.29, 0.717) is 57.8 Å². The van der Waals surface area contributed by atoms with E-state index in [4.69, 9.17) is 39.9 Å². The summed E-state index contributed by atoms with van der Waals surface area (Å²) in [5, 5.41) is 9.84. The fourth-order valence-corrected chi connectivity index (χ4v) is 12.6. The Bertz CT molecular complexity index is 4760. The molecule has 662 valence electrons. The van der Waals surface area contributed by atoms with Crippen molar-refractivity contribution in [3.63, 3.8) is 0 Å². The van der Waals surface area contributed by atoms with E-state index < -0.39 is 18.1 Å². The average Bonchev–Trinajstić information content (AvgIpc) is 0.629. The second kappa shape index (κ2) is 63.5. The van der Waals surface area contributed by atoms with Crippen molar-refractivity contribution in [2.75, 3.05) is 35.5 Å². The predicted molar refractivity (Wildman–Crippen MR) is 519 cm³/mol. The van der Waals surface area contributed by atoms with Gasteiger partial charge in [0.15, 0.2) is 0 Å². The number of ether oxygens (including phenoxy) is 6. The SMILES string of the molecule is COC(=O)C(NCc1ccccc1)c1ccccc1.COC(=O)[C@H](CC(C)C)NCc1ccccc1.COC(=O)[C@H](Cc1ccccc1)N(C)Cc1ccccc1.COC(=O)[C@H](Cc1ccccc1)NCc1ccccc1-c1ccccc1.Cl.N[C@@H](Cc1ccccc1)C(=O)OCc1ccccc1.N[C@@H](Cc1ccccc1)C(=O)OCc1ccccc1.S.S.S. The van der Waals surface area contributed by atoms with Gasteiger partial charge in [0.2, 0.25) is 0 Å². The van der Waals surface area contributed by atoms with E-state index in [-0.39, 0.29) is 120 Å². The topological polar surface area (TPSA) is 249 Å². The molecular formula is C103H123ClN6O12S3. The van der Waals surface area contributed by atoms with Gasteiger partial charge >= 0.3 is 35.8 Å². The highest BCUT2D eigenvalue weighted by Crippen LogP contribution is 2.25. The minimum absolute atomic E-state index is 0. The second-order valence-electron chi connectivity index (χ2n) is 28.9. The maximum absolute atomic E-state index is 12.2. The number of rotatable bonds is 34. The zero-order valence-corrected chi connectivity index (χ0v) is 76.1. The molecule has 0 aliphatic heterocycles. The van der Waals surface area contributed by atoms with Crippen LogP contribution in [0.25, 0.3) is 11.1 Å². The Kier molecular flexibility index (Phi) is 54.7. The van der Waals surface area contributed by atoms with Crippen LogP contribution in [-0.4, -0.2) is 106 Å². The van der Waals surface area contributed by atoms with Crippen LogP contribution in [0.2, 0.25) is 0 Å². The summed E-state index contributed by atoms with van der Waals surface area (Å²) < 4.78 is 30.0. The smallest absolute Gasteiger partial charge is 0.327 e. The molecule has 0 bridgehead atoms. The maximum Gasteiger partial charge on any atom is 0.327 e. The number of hydrogen-bond donors (Lipinski definition) is 5. The Labute approximate surface area is 766 Å². The highest BCUT2D eigenvalue weighted by molar-refractivity contribution is 7.59. The minimum Gasteiger partial charge on any atom is -0.468 e. The van der Waals surface area contributed by atoms with Crippen LogP contribution < -0.4 is 27.4 Å². The Hall–Kier alpha value is -11.4. The second-order valence-corrected chi connectivity index (χ2v) is 28.9. The van der Waals surface area contributed by atoms with E-state index in [9.17, 15) is 28.8 Å². The number of likely N-dealkylation sites (N-methyl/N-ethyl adjacent to an activating group) is 1. The number of esters is 6. The number of benzene rings is 12. The van der Waals surface area contributed by atoms with Crippen molar-refractivity contribution >= 4 is 88.7 Å². The summed E-state index contributed by atoms with van der Waals surface area (Å²) in [6.07, 6.45) is 3.03. The van der Waals surface area contributed by atoms with Crippen LogP contribution in [0.3, 0.4) is 0 Å². The van der Waals surface area contributed by atoms with Gasteiger partial charge in [0.1, 0.15) is 49.5 Å². The van der Waals surface area contributed by atoms with Gasteiger partial charge in [0.25, 0.3) is 0 Å². The molecule has 0 aliphatic carbocycles. The molecule has 18 nitrogen and oxygen atoms in total. The lowest BCUT2D eigenvalue weighted by molar-refractivity contribution is -0.147. The van der Waals surface area contributed by atoms with Crippen molar-refractivity contribution in [1.82, 2.24) is 20.9 Å². The molecule has 0 aromatic heterocycles. The fourth-order valence-electron chi connectivity index (χ4n) is 12.6. The van der Waals surface area contributed by atoms with Crippen molar-refractivity contribution in [2.45, 2.75) is 122 Å². The summed E-state index contributed by atoms with van der Waals surface area (Å²) in [6.45, 7) is 7.35. The minimum atomic E-state index is -0.619. The first kappa shape index (κ1) is 108. The molecule has 1 unspecified atom stereocenters. The van der Waals surface area contributed by atoms with Crippen LogP contribution in [0, 0.1) is 5.92 Å². The van der Waals surface area contributed by atoms with Crippen LogP contribution in [0.1, 0.15) is 87.5 Å².